The Balaban J connectivity index is 2.82. The molecule has 1 rings (SSSR count). The smallest absolute Gasteiger partial charge is 0.339 e. The first-order valence-corrected chi connectivity index (χ1v) is 3.51. The molecule has 0 fully saturated rings. The second-order valence-electron chi connectivity index (χ2n) is 2.32. The Morgan fingerprint density at radius 2 is 2.31 bits per heavy atom. The van der Waals surface area contributed by atoms with Crippen molar-refractivity contribution in [3.63, 3.8) is 0 Å². The molecule has 0 unspecified atom stereocenters. The summed E-state index contributed by atoms with van der Waals surface area (Å²) >= 11 is 0. The number of furan rings is 1. The number of carbonyl (C=O) groups is 2. The largest absolute Gasteiger partial charge is 0.478 e. The highest BCUT2D eigenvalue weighted by Crippen LogP contribution is 2.11. The van der Waals surface area contributed by atoms with E-state index in [1.807, 2.05) is 0 Å². The number of carboxylic acids is 1. The molecule has 0 spiro atoms. The summed E-state index contributed by atoms with van der Waals surface area (Å²) in [5, 5.41) is 8.63. The molecule has 0 radical (unpaired) electrons. The summed E-state index contributed by atoms with van der Waals surface area (Å²) in [6, 6.07) is 1.29. The van der Waals surface area contributed by atoms with E-state index in [1.165, 1.54) is 19.4 Å². The highest BCUT2D eigenvalue weighted by atomic mass is 16.5. The van der Waals surface area contributed by atoms with E-state index in [0.717, 1.165) is 0 Å². The van der Waals surface area contributed by atoms with Crippen LogP contribution in [0.5, 0.6) is 0 Å². The Morgan fingerprint density at radius 3 is 2.85 bits per heavy atom. The lowest BCUT2D eigenvalue weighted by Gasteiger charge is -1.96. The fourth-order valence-corrected chi connectivity index (χ4v) is 0.871. The average molecular weight is 184 g/mol. The Hall–Kier alpha value is -1.78. The molecule has 0 aromatic carbocycles. The van der Waals surface area contributed by atoms with E-state index in [2.05, 4.69) is 4.74 Å². The van der Waals surface area contributed by atoms with Gasteiger partial charge in [-0.2, -0.15) is 0 Å². The van der Waals surface area contributed by atoms with Gasteiger partial charge in [-0.3, -0.25) is 4.79 Å². The zero-order valence-electron chi connectivity index (χ0n) is 6.94. The Bertz CT molecular complexity index is 325. The Morgan fingerprint density at radius 1 is 1.62 bits per heavy atom. The van der Waals surface area contributed by atoms with Gasteiger partial charge in [-0.05, 0) is 6.07 Å². The van der Waals surface area contributed by atoms with Gasteiger partial charge in [0.2, 0.25) is 0 Å². The molecule has 1 N–H and O–H groups in total. The lowest BCUT2D eigenvalue weighted by Crippen LogP contribution is -2.07. The van der Waals surface area contributed by atoms with Crippen LogP contribution in [-0.2, 0) is 16.0 Å². The maximum absolute atomic E-state index is 10.8. The van der Waals surface area contributed by atoms with Crippen molar-refractivity contribution < 1.29 is 23.8 Å². The number of hydrogen-bond donors (Lipinski definition) is 1. The van der Waals surface area contributed by atoms with Crippen LogP contribution in [0.1, 0.15) is 16.1 Å². The molecular formula is C8H8O5. The molecule has 5 nitrogen and oxygen atoms in total. The molecule has 0 aliphatic rings. The lowest BCUT2D eigenvalue weighted by atomic mass is 10.2. The highest BCUT2D eigenvalue weighted by molar-refractivity contribution is 5.90. The maximum Gasteiger partial charge on any atom is 0.339 e. The van der Waals surface area contributed by atoms with Gasteiger partial charge in [-0.25, -0.2) is 4.79 Å². The van der Waals surface area contributed by atoms with Gasteiger partial charge < -0.3 is 14.3 Å². The van der Waals surface area contributed by atoms with Gasteiger partial charge in [0.05, 0.1) is 13.4 Å². The van der Waals surface area contributed by atoms with Crippen LogP contribution < -0.4 is 0 Å². The lowest BCUT2D eigenvalue weighted by molar-refractivity contribution is -0.140. The molecule has 1 aromatic heterocycles. The van der Waals surface area contributed by atoms with Crippen molar-refractivity contribution in [2.75, 3.05) is 7.11 Å². The predicted octanol–water partition coefficient (Wildman–Crippen LogP) is 0.693. The van der Waals surface area contributed by atoms with E-state index in [9.17, 15) is 9.59 Å². The minimum atomic E-state index is -1.12. The quantitative estimate of drug-likeness (QED) is 0.699. The van der Waals surface area contributed by atoms with Crippen LogP contribution in [0.4, 0.5) is 0 Å². The Kier molecular flexibility index (Phi) is 2.69. The van der Waals surface area contributed by atoms with Crippen LogP contribution in [0.15, 0.2) is 16.7 Å². The van der Waals surface area contributed by atoms with Gasteiger partial charge in [0.25, 0.3) is 0 Å². The SMILES string of the molecule is COC(=O)Cc1occc1C(=O)O. The third kappa shape index (κ3) is 2.08. The van der Waals surface area contributed by atoms with E-state index in [1.54, 1.807) is 0 Å². The normalized spacial score (nSPS) is 9.62. The third-order valence-electron chi connectivity index (χ3n) is 1.51. The molecule has 0 amide bonds. The van der Waals surface area contributed by atoms with E-state index in [4.69, 9.17) is 9.52 Å². The minimum absolute atomic E-state index is 0.00889. The first kappa shape index (κ1) is 9.31. The van der Waals surface area contributed by atoms with Gasteiger partial charge in [-0.1, -0.05) is 0 Å². The van der Waals surface area contributed by atoms with Gasteiger partial charge in [0, 0.05) is 0 Å². The van der Waals surface area contributed by atoms with E-state index in [-0.39, 0.29) is 17.7 Å². The zero-order chi connectivity index (χ0) is 9.84. The summed E-state index contributed by atoms with van der Waals surface area (Å²) < 4.78 is 9.18. The van der Waals surface area contributed by atoms with Crippen molar-refractivity contribution in [1.82, 2.24) is 0 Å². The number of hydrogen-bond acceptors (Lipinski definition) is 4. The van der Waals surface area contributed by atoms with Crippen LogP contribution in [0.2, 0.25) is 0 Å². The minimum Gasteiger partial charge on any atom is -0.478 e. The second kappa shape index (κ2) is 3.75. The second-order valence-corrected chi connectivity index (χ2v) is 2.32. The van der Waals surface area contributed by atoms with Crippen molar-refractivity contribution in [1.29, 1.82) is 0 Å². The number of rotatable bonds is 3. The fraction of sp³-hybridized carbons (Fsp3) is 0.250. The predicted molar refractivity (Wildman–Crippen MR) is 41.4 cm³/mol. The van der Waals surface area contributed by atoms with Crippen molar-refractivity contribution in [3.8, 4) is 0 Å². The summed E-state index contributed by atoms with van der Waals surface area (Å²) in [5.74, 6) is -1.54. The summed E-state index contributed by atoms with van der Waals surface area (Å²) in [6.07, 6.45) is 1.06. The summed E-state index contributed by atoms with van der Waals surface area (Å²) in [5.41, 5.74) is -0.00889. The van der Waals surface area contributed by atoms with Crippen LogP contribution in [-0.4, -0.2) is 24.2 Å². The molecule has 0 aliphatic carbocycles. The fourth-order valence-electron chi connectivity index (χ4n) is 0.871. The van der Waals surface area contributed by atoms with Crippen LogP contribution >= 0.6 is 0 Å². The topological polar surface area (TPSA) is 76.7 Å². The van der Waals surface area contributed by atoms with Crippen molar-refractivity contribution >= 4 is 11.9 Å². The number of carboxylic acid groups (broad SMARTS) is 1. The molecule has 0 saturated carbocycles. The molecule has 1 aromatic rings. The van der Waals surface area contributed by atoms with Gasteiger partial charge in [-0.15, -0.1) is 0 Å². The summed E-state index contributed by atoms with van der Waals surface area (Å²) in [6.45, 7) is 0. The molecule has 5 heteroatoms. The van der Waals surface area contributed by atoms with Crippen LogP contribution in [0.25, 0.3) is 0 Å². The molecular weight excluding hydrogens is 176 g/mol. The number of carbonyl (C=O) groups excluding carboxylic acids is 1. The van der Waals surface area contributed by atoms with Gasteiger partial charge >= 0.3 is 11.9 Å². The standard InChI is InChI=1S/C8H8O5/c1-12-7(9)4-6-5(8(10)11)2-3-13-6/h2-3H,4H2,1H3,(H,10,11). The van der Waals surface area contributed by atoms with E-state index >= 15 is 0 Å². The first-order valence-electron chi connectivity index (χ1n) is 3.51. The monoisotopic (exact) mass is 184 g/mol. The Labute approximate surface area is 73.9 Å². The number of methoxy groups -OCH3 is 1. The average Bonchev–Trinajstić information content (AvgIpc) is 2.52. The molecule has 13 heavy (non-hydrogen) atoms. The molecule has 0 aliphatic heterocycles. The zero-order valence-corrected chi connectivity index (χ0v) is 6.94. The number of esters is 1. The number of ether oxygens (including phenoxy) is 1. The van der Waals surface area contributed by atoms with Crippen molar-refractivity contribution in [3.05, 3.63) is 23.7 Å². The summed E-state index contributed by atoms with van der Waals surface area (Å²) in [7, 11) is 1.23. The highest BCUT2D eigenvalue weighted by Gasteiger charge is 2.16. The summed E-state index contributed by atoms with van der Waals surface area (Å²) in [4.78, 5) is 21.3. The first-order chi connectivity index (χ1) is 6.15. The number of aromatic carboxylic acids is 1. The maximum atomic E-state index is 10.8. The molecule has 0 atom stereocenters. The molecule has 70 valence electrons. The third-order valence-corrected chi connectivity index (χ3v) is 1.51. The van der Waals surface area contributed by atoms with Gasteiger partial charge in [0.15, 0.2) is 0 Å². The van der Waals surface area contributed by atoms with Crippen LogP contribution in [0.3, 0.4) is 0 Å². The van der Waals surface area contributed by atoms with Crippen LogP contribution in [0, 0.1) is 0 Å². The van der Waals surface area contributed by atoms with Crippen molar-refractivity contribution in [2.45, 2.75) is 6.42 Å². The van der Waals surface area contributed by atoms with E-state index < -0.39 is 11.9 Å². The van der Waals surface area contributed by atoms with Gasteiger partial charge in [0.1, 0.15) is 17.7 Å². The van der Waals surface area contributed by atoms with E-state index in [0.29, 0.717) is 0 Å². The van der Waals surface area contributed by atoms with Crippen molar-refractivity contribution in [2.24, 2.45) is 0 Å². The molecule has 1 heterocycles. The molecule has 0 bridgehead atoms. The molecule has 0 saturated heterocycles.